The van der Waals surface area contributed by atoms with Gasteiger partial charge in [0.2, 0.25) is 0 Å². The fourth-order valence-electron chi connectivity index (χ4n) is 1.05. The quantitative estimate of drug-likeness (QED) is 0.693. The molecule has 3 heteroatoms. The standard InChI is InChI=1S/C9H15N3/c1-6(2)8-3-7(5-10)4-9(11)12-8/h3-4,6H,5,10H2,1-2H3,(H2,11,12). The average molecular weight is 165 g/mol. The van der Waals surface area contributed by atoms with Crippen LogP contribution in [0.3, 0.4) is 0 Å². The van der Waals surface area contributed by atoms with Gasteiger partial charge in [0.25, 0.3) is 0 Å². The first-order valence-corrected chi connectivity index (χ1v) is 4.10. The van der Waals surface area contributed by atoms with Gasteiger partial charge >= 0.3 is 0 Å². The minimum absolute atomic E-state index is 0.402. The zero-order valence-corrected chi connectivity index (χ0v) is 7.54. The molecule has 0 aliphatic heterocycles. The van der Waals surface area contributed by atoms with E-state index in [0.717, 1.165) is 11.3 Å². The highest BCUT2D eigenvalue weighted by Gasteiger charge is 2.02. The molecule has 4 N–H and O–H groups in total. The van der Waals surface area contributed by atoms with Crippen LogP contribution in [0.5, 0.6) is 0 Å². The molecule has 0 saturated heterocycles. The summed E-state index contributed by atoms with van der Waals surface area (Å²) in [6, 6.07) is 3.81. The molecule has 0 saturated carbocycles. The SMILES string of the molecule is CC(C)c1cc(CN)cc(N)n1. The monoisotopic (exact) mass is 165 g/mol. The van der Waals surface area contributed by atoms with Gasteiger partial charge in [0.15, 0.2) is 0 Å². The average Bonchev–Trinajstić information content (AvgIpc) is 2.03. The Morgan fingerprint density at radius 2 is 2.08 bits per heavy atom. The number of nitrogens with zero attached hydrogens (tertiary/aromatic N) is 1. The Balaban J connectivity index is 3.06. The normalized spacial score (nSPS) is 10.7. The number of nitrogen functional groups attached to an aromatic ring is 1. The molecule has 0 atom stereocenters. The van der Waals surface area contributed by atoms with E-state index >= 15 is 0 Å². The molecular formula is C9H15N3. The van der Waals surface area contributed by atoms with Gasteiger partial charge < -0.3 is 11.5 Å². The smallest absolute Gasteiger partial charge is 0.123 e. The number of nitrogens with two attached hydrogens (primary N) is 2. The largest absolute Gasteiger partial charge is 0.384 e. The van der Waals surface area contributed by atoms with Gasteiger partial charge in [0, 0.05) is 12.2 Å². The van der Waals surface area contributed by atoms with Gasteiger partial charge in [-0.05, 0) is 23.6 Å². The molecule has 0 aliphatic rings. The molecule has 0 radical (unpaired) electrons. The Morgan fingerprint density at radius 1 is 1.42 bits per heavy atom. The molecular weight excluding hydrogens is 150 g/mol. The van der Waals surface area contributed by atoms with Gasteiger partial charge in [-0.2, -0.15) is 0 Å². The van der Waals surface area contributed by atoms with Crippen molar-refractivity contribution in [2.24, 2.45) is 5.73 Å². The van der Waals surface area contributed by atoms with E-state index in [0.29, 0.717) is 18.3 Å². The third kappa shape index (κ3) is 1.95. The Labute approximate surface area is 72.8 Å². The second-order valence-corrected chi connectivity index (χ2v) is 3.18. The minimum atomic E-state index is 0.402. The van der Waals surface area contributed by atoms with Crippen molar-refractivity contribution in [3.8, 4) is 0 Å². The van der Waals surface area contributed by atoms with Gasteiger partial charge in [0.1, 0.15) is 5.82 Å². The van der Waals surface area contributed by atoms with Crippen LogP contribution in [0.2, 0.25) is 0 Å². The lowest BCUT2D eigenvalue weighted by molar-refractivity contribution is 0.819. The fourth-order valence-corrected chi connectivity index (χ4v) is 1.05. The maximum atomic E-state index is 5.61. The summed E-state index contributed by atoms with van der Waals surface area (Å²) in [6.07, 6.45) is 0. The molecule has 1 heterocycles. The number of hydrogen-bond donors (Lipinski definition) is 2. The summed E-state index contributed by atoms with van der Waals surface area (Å²) < 4.78 is 0. The van der Waals surface area contributed by atoms with Crippen LogP contribution in [0.4, 0.5) is 5.82 Å². The number of aromatic nitrogens is 1. The predicted octanol–water partition coefficient (Wildman–Crippen LogP) is 1.25. The van der Waals surface area contributed by atoms with Crippen LogP contribution in [0.15, 0.2) is 12.1 Å². The molecule has 0 amide bonds. The summed E-state index contributed by atoms with van der Waals surface area (Å²) in [4.78, 5) is 4.20. The van der Waals surface area contributed by atoms with Gasteiger partial charge in [-0.25, -0.2) is 4.98 Å². The molecule has 0 aliphatic carbocycles. The molecule has 1 aromatic heterocycles. The fraction of sp³-hybridized carbons (Fsp3) is 0.444. The van der Waals surface area contributed by atoms with Crippen LogP contribution < -0.4 is 11.5 Å². The highest BCUT2D eigenvalue weighted by molar-refractivity contribution is 5.35. The van der Waals surface area contributed by atoms with Crippen LogP contribution in [-0.2, 0) is 6.54 Å². The van der Waals surface area contributed by atoms with E-state index < -0.39 is 0 Å². The molecule has 1 rings (SSSR count). The van der Waals surface area contributed by atoms with Gasteiger partial charge in [-0.3, -0.25) is 0 Å². The Morgan fingerprint density at radius 3 is 2.58 bits per heavy atom. The van der Waals surface area contributed by atoms with Gasteiger partial charge in [0.05, 0.1) is 0 Å². The lowest BCUT2D eigenvalue weighted by Gasteiger charge is -2.07. The van der Waals surface area contributed by atoms with E-state index in [1.807, 2.05) is 12.1 Å². The number of pyridine rings is 1. The highest BCUT2D eigenvalue weighted by Crippen LogP contribution is 2.15. The number of rotatable bonds is 2. The van der Waals surface area contributed by atoms with Crippen molar-refractivity contribution in [1.29, 1.82) is 0 Å². The molecule has 0 fully saturated rings. The molecule has 1 aromatic rings. The van der Waals surface area contributed by atoms with Crippen LogP contribution in [0.25, 0.3) is 0 Å². The minimum Gasteiger partial charge on any atom is -0.384 e. The summed E-state index contributed by atoms with van der Waals surface area (Å²) in [6.45, 7) is 4.69. The lowest BCUT2D eigenvalue weighted by Crippen LogP contribution is -2.03. The molecule has 3 nitrogen and oxygen atoms in total. The van der Waals surface area contributed by atoms with Crippen molar-refractivity contribution in [2.75, 3.05) is 5.73 Å². The Bertz CT molecular complexity index is 268. The van der Waals surface area contributed by atoms with Gasteiger partial charge in [-0.1, -0.05) is 13.8 Å². The summed E-state index contributed by atoms with van der Waals surface area (Å²) in [5, 5.41) is 0. The zero-order valence-electron chi connectivity index (χ0n) is 7.54. The second-order valence-electron chi connectivity index (χ2n) is 3.18. The summed E-state index contributed by atoms with van der Waals surface area (Å²) in [5.41, 5.74) is 13.2. The molecule has 0 spiro atoms. The first kappa shape index (κ1) is 9.00. The van der Waals surface area contributed by atoms with Crippen molar-refractivity contribution in [3.63, 3.8) is 0 Å². The van der Waals surface area contributed by atoms with Crippen molar-refractivity contribution in [1.82, 2.24) is 4.98 Å². The lowest BCUT2D eigenvalue weighted by atomic mass is 10.1. The zero-order chi connectivity index (χ0) is 9.14. The van der Waals surface area contributed by atoms with Crippen LogP contribution in [0.1, 0.15) is 31.0 Å². The predicted molar refractivity (Wildman–Crippen MR) is 50.6 cm³/mol. The maximum absolute atomic E-state index is 5.61. The molecule has 12 heavy (non-hydrogen) atoms. The first-order chi connectivity index (χ1) is 5.63. The van der Waals surface area contributed by atoms with Gasteiger partial charge in [-0.15, -0.1) is 0 Å². The third-order valence-corrected chi connectivity index (χ3v) is 1.75. The maximum Gasteiger partial charge on any atom is 0.123 e. The van der Waals surface area contributed by atoms with Crippen LogP contribution in [-0.4, -0.2) is 4.98 Å². The van der Waals surface area contributed by atoms with Crippen molar-refractivity contribution in [3.05, 3.63) is 23.4 Å². The van der Waals surface area contributed by atoms with Crippen LogP contribution in [0, 0.1) is 0 Å². The molecule has 0 unspecified atom stereocenters. The van der Waals surface area contributed by atoms with Crippen molar-refractivity contribution >= 4 is 5.82 Å². The van der Waals surface area contributed by atoms with Crippen molar-refractivity contribution < 1.29 is 0 Å². The van der Waals surface area contributed by atoms with E-state index in [2.05, 4.69) is 18.8 Å². The Hall–Kier alpha value is -1.09. The van der Waals surface area contributed by atoms with Crippen LogP contribution >= 0.6 is 0 Å². The summed E-state index contributed by atoms with van der Waals surface area (Å²) in [7, 11) is 0. The van der Waals surface area contributed by atoms with E-state index in [9.17, 15) is 0 Å². The topological polar surface area (TPSA) is 64.9 Å². The second kappa shape index (κ2) is 3.54. The Kier molecular flexibility index (Phi) is 2.65. The number of hydrogen-bond acceptors (Lipinski definition) is 3. The third-order valence-electron chi connectivity index (χ3n) is 1.75. The van der Waals surface area contributed by atoms with E-state index in [1.165, 1.54) is 0 Å². The summed E-state index contributed by atoms with van der Waals surface area (Å²) in [5.74, 6) is 0.959. The first-order valence-electron chi connectivity index (χ1n) is 4.10. The molecule has 0 bridgehead atoms. The van der Waals surface area contributed by atoms with E-state index in [-0.39, 0.29) is 0 Å². The highest BCUT2D eigenvalue weighted by atomic mass is 14.8. The van der Waals surface area contributed by atoms with E-state index in [4.69, 9.17) is 11.5 Å². The van der Waals surface area contributed by atoms with Crippen molar-refractivity contribution in [2.45, 2.75) is 26.3 Å². The van der Waals surface area contributed by atoms with E-state index in [1.54, 1.807) is 0 Å². The molecule has 0 aromatic carbocycles. The number of anilines is 1. The molecule has 66 valence electrons. The summed E-state index contributed by atoms with van der Waals surface area (Å²) >= 11 is 0.